The molecule has 0 aliphatic carbocycles. The predicted molar refractivity (Wildman–Crippen MR) is 96.7 cm³/mol. The number of anilines is 1. The standard InChI is InChI=1S/C19H21NO6/c1-12(21)15-7-6-14(23-2)10-17(15)26-11-19(22)20-13-5-8-16(24-3)18(9-13)25-4/h5-10H,11H2,1-4H3,(H,20,22). The fourth-order valence-electron chi connectivity index (χ4n) is 2.29. The van der Waals surface area contributed by atoms with Crippen LogP contribution in [0.5, 0.6) is 23.0 Å². The lowest BCUT2D eigenvalue weighted by molar-refractivity contribution is -0.118. The number of ether oxygens (including phenoxy) is 4. The van der Waals surface area contributed by atoms with Crippen LogP contribution in [0.2, 0.25) is 0 Å². The van der Waals surface area contributed by atoms with Crippen molar-refractivity contribution in [1.82, 2.24) is 0 Å². The molecule has 0 aromatic heterocycles. The van der Waals surface area contributed by atoms with E-state index in [4.69, 9.17) is 18.9 Å². The van der Waals surface area contributed by atoms with E-state index in [0.717, 1.165) is 0 Å². The highest BCUT2D eigenvalue weighted by Crippen LogP contribution is 2.30. The van der Waals surface area contributed by atoms with E-state index in [-0.39, 0.29) is 18.3 Å². The van der Waals surface area contributed by atoms with Crippen LogP contribution in [0.15, 0.2) is 36.4 Å². The van der Waals surface area contributed by atoms with Crippen molar-refractivity contribution in [2.24, 2.45) is 0 Å². The van der Waals surface area contributed by atoms with E-state index in [1.54, 1.807) is 36.4 Å². The van der Waals surface area contributed by atoms with Gasteiger partial charge in [-0.15, -0.1) is 0 Å². The van der Waals surface area contributed by atoms with E-state index in [2.05, 4.69) is 5.32 Å². The summed E-state index contributed by atoms with van der Waals surface area (Å²) in [4.78, 5) is 23.8. The molecule has 0 unspecified atom stereocenters. The van der Waals surface area contributed by atoms with Crippen molar-refractivity contribution >= 4 is 17.4 Å². The predicted octanol–water partition coefficient (Wildman–Crippen LogP) is 2.93. The van der Waals surface area contributed by atoms with Gasteiger partial charge in [-0.3, -0.25) is 9.59 Å². The molecule has 1 N–H and O–H groups in total. The monoisotopic (exact) mass is 359 g/mol. The van der Waals surface area contributed by atoms with Crippen molar-refractivity contribution < 1.29 is 28.5 Å². The van der Waals surface area contributed by atoms with Crippen LogP contribution in [0.4, 0.5) is 5.69 Å². The number of carbonyl (C=O) groups is 2. The van der Waals surface area contributed by atoms with E-state index in [1.807, 2.05) is 0 Å². The lowest BCUT2D eigenvalue weighted by Crippen LogP contribution is -2.20. The van der Waals surface area contributed by atoms with Gasteiger partial charge in [-0.1, -0.05) is 0 Å². The minimum Gasteiger partial charge on any atom is -0.497 e. The second-order valence-electron chi connectivity index (χ2n) is 5.32. The van der Waals surface area contributed by atoms with E-state index < -0.39 is 0 Å². The highest BCUT2D eigenvalue weighted by molar-refractivity contribution is 5.97. The molecule has 2 aromatic carbocycles. The van der Waals surface area contributed by atoms with Gasteiger partial charge in [0.2, 0.25) is 0 Å². The van der Waals surface area contributed by atoms with Gasteiger partial charge in [-0.25, -0.2) is 0 Å². The fourth-order valence-corrected chi connectivity index (χ4v) is 2.29. The van der Waals surface area contributed by atoms with Crippen molar-refractivity contribution in [3.8, 4) is 23.0 Å². The summed E-state index contributed by atoms with van der Waals surface area (Å²) in [6.07, 6.45) is 0. The second-order valence-corrected chi connectivity index (χ2v) is 5.32. The van der Waals surface area contributed by atoms with Gasteiger partial charge >= 0.3 is 0 Å². The molecular weight excluding hydrogens is 338 g/mol. The first-order chi connectivity index (χ1) is 12.5. The average molecular weight is 359 g/mol. The third kappa shape index (κ3) is 4.66. The van der Waals surface area contributed by atoms with Gasteiger partial charge in [0.15, 0.2) is 23.9 Å². The number of rotatable bonds is 8. The smallest absolute Gasteiger partial charge is 0.262 e. The van der Waals surface area contributed by atoms with Crippen molar-refractivity contribution in [3.05, 3.63) is 42.0 Å². The van der Waals surface area contributed by atoms with Crippen LogP contribution in [0.25, 0.3) is 0 Å². The van der Waals surface area contributed by atoms with Crippen molar-refractivity contribution in [1.29, 1.82) is 0 Å². The van der Waals surface area contributed by atoms with E-state index in [0.29, 0.717) is 34.2 Å². The zero-order chi connectivity index (χ0) is 19.1. The summed E-state index contributed by atoms with van der Waals surface area (Å²) in [5.74, 6) is 1.34. The Morgan fingerprint density at radius 1 is 0.885 bits per heavy atom. The van der Waals surface area contributed by atoms with Crippen LogP contribution < -0.4 is 24.3 Å². The normalized spacial score (nSPS) is 10.0. The molecule has 0 saturated carbocycles. The molecule has 0 fully saturated rings. The maximum Gasteiger partial charge on any atom is 0.262 e. The Balaban J connectivity index is 2.06. The Hall–Kier alpha value is -3.22. The third-order valence-electron chi connectivity index (χ3n) is 3.59. The Bertz CT molecular complexity index is 803. The maximum absolute atomic E-state index is 12.2. The van der Waals surface area contributed by atoms with Crippen molar-refractivity contribution in [2.45, 2.75) is 6.92 Å². The number of hydrogen-bond donors (Lipinski definition) is 1. The number of methoxy groups -OCH3 is 3. The Labute approximate surface area is 151 Å². The number of ketones is 1. The van der Waals surface area contributed by atoms with Crippen LogP contribution in [0.3, 0.4) is 0 Å². The Morgan fingerprint density at radius 2 is 1.62 bits per heavy atom. The zero-order valence-corrected chi connectivity index (χ0v) is 15.1. The lowest BCUT2D eigenvalue weighted by Gasteiger charge is -2.13. The molecule has 0 aliphatic heterocycles. The molecule has 1 amide bonds. The number of Topliss-reactive ketones (excluding diaryl/α,β-unsaturated/α-hetero) is 1. The summed E-state index contributed by atoms with van der Waals surface area (Å²) in [5.41, 5.74) is 0.915. The lowest BCUT2D eigenvalue weighted by atomic mass is 10.1. The molecule has 0 saturated heterocycles. The zero-order valence-electron chi connectivity index (χ0n) is 15.1. The number of carbonyl (C=O) groups excluding carboxylic acids is 2. The van der Waals surface area contributed by atoms with Crippen molar-refractivity contribution in [2.75, 3.05) is 33.3 Å². The number of hydrogen-bond acceptors (Lipinski definition) is 6. The fraction of sp³-hybridized carbons (Fsp3) is 0.263. The summed E-state index contributed by atoms with van der Waals surface area (Å²) in [6, 6.07) is 9.84. The first kappa shape index (κ1) is 19.1. The van der Waals surface area contributed by atoms with Crippen molar-refractivity contribution in [3.63, 3.8) is 0 Å². The van der Waals surface area contributed by atoms with Crippen LogP contribution in [0.1, 0.15) is 17.3 Å². The van der Waals surface area contributed by atoms with Crippen LogP contribution in [-0.4, -0.2) is 39.6 Å². The SMILES string of the molecule is COc1ccc(C(C)=O)c(OCC(=O)Nc2ccc(OC)c(OC)c2)c1. The molecule has 0 spiro atoms. The molecule has 0 heterocycles. The number of amides is 1. The van der Waals surface area contributed by atoms with Gasteiger partial charge in [0.25, 0.3) is 5.91 Å². The summed E-state index contributed by atoms with van der Waals surface area (Å²) in [6.45, 7) is 1.17. The Morgan fingerprint density at radius 3 is 2.23 bits per heavy atom. The molecule has 7 nitrogen and oxygen atoms in total. The molecule has 138 valence electrons. The highest BCUT2D eigenvalue weighted by atomic mass is 16.5. The van der Waals surface area contributed by atoms with Crippen LogP contribution >= 0.6 is 0 Å². The largest absolute Gasteiger partial charge is 0.497 e. The van der Waals surface area contributed by atoms with Gasteiger partial charge in [-0.2, -0.15) is 0 Å². The minimum atomic E-state index is -0.380. The summed E-state index contributed by atoms with van der Waals surface area (Å²) >= 11 is 0. The van der Waals surface area contributed by atoms with E-state index in [9.17, 15) is 9.59 Å². The van der Waals surface area contributed by atoms with Gasteiger partial charge in [-0.05, 0) is 31.2 Å². The molecule has 2 rings (SSSR count). The first-order valence-corrected chi connectivity index (χ1v) is 7.82. The molecule has 0 bridgehead atoms. The Kier molecular flexibility index (Phi) is 6.43. The quantitative estimate of drug-likeness (QED) is 0.730. The molecule has 0 radical (unpaired) electrons. The molecular formula is C19H21NO6. The second kappa shape index (κ2) is 8.75. The average Bonchev–Trinajstić information content (AvgIpc) is 2.65. The third-order valence-corrected chi connectivity index (χ3v) is 3.59. The highest BCUT2D eigenvalue weighted by Gasteiger charge is 2.13. The van der Waals surface area contributed by atoms with Gasteiger partial charge < -0.3 is 24.3 Å². The molecule has 0 aliphatic rings. The number of nitrogens with one attached hydrogen (secondary N) is 1. The van der Waals surface area contributed by atoms with E-state index in [1.165, 1.54) is 28.3 Å². The van der Waals surface area contributed by atoms with E-state index >= 15 is 0 Å². The topological polar surface area (TPSA) is 83.1 Å². The van der Waals surface area contributed by atoms with Crippen LogP contribution in [-0.2, 0) is 4.79 Å². The maximum atomic E-state index is 12.2. The number of benzene rings is 2. The summed E-state index contributed by atoms with van der Waals surface area (Å²) in [5, 5.41) is 2.70. The molecule has 2 aromatic rings. The molecule has 7 heteroatoms. The van der Waals surface area contributed by atoms with Gasteiger partial charge in [0.1, 0.15) is 11.5 Å². The van der Waals surface area contributed by atoms with Gasteiger partial charge in [0, 0.05) is 17.8 Å². The summed E-state index contributed by atoms with van der Waals surface area (Å²) in [7, 11) is 4.56. The molecule has 0 atom stereocenters. The summed E-state index contributed by atoms with van der Waals surface area (Å²) < 4.78 is 21.0. The first-order valence-electron chi connectivity index (χ1n) is 7.82. The van der Waals surface area contributed by atoms with Crippen LogP contribution in [0, 0.1) is 0 Å². The minimum absolute atomic E-state index is 0.164. The van der Waals surface area contributed by atoms with Gasteiger partial charge in [0.05, 0.1) is 26.9 Å². The molecule has 26 heavy (non-hydrogen) atoms.